The van der Waals surface area contributed by atoms with Crippen molar-refractivity contribution < 1.29 is 23.8 Å². The SMILES string of the molecule is COc1cccc(NC(=O)c2ccccc2NC(=O)C2COc3ccccc3O2)c1. The van der Waals surface area contributed by atoms with E-state index in [1.165, 1.54) is 0 Å². The number of para-hydroxylation sites is 3. The predicted octanol–water partition coefficient (Wildman–Crippen LogP) is 3.73. The Morgan fingerprint density at radius 2 is 1.70 bits per heavy atom. The third kappa shape index (κ3) is 4.20. The largest absolute Gasteiger partial charge is 0.497 e. The van der Waals surface area contributed by atoms with Gasteiger partial charge in [-0.05, 0) is 36.4 Å². The van der Waals surface area contributed by atoms with Crippen molar-refractivity contribution in [2.45, 2.75) is 6.10 Å². The van der Waals surface area contributed by atoms with E-state index in [2.05, 4.69) is 10.6 Å². The predicted molar refractivity (Wildman–Crippen MR) is 112 cm³/mol. The molecule has 0 radical (unpaired) electrons. The van der Waals surface area contributed by atoms with E-state index in [-0.39, 0.29) is 12.5 Å². The number of ether oxygens (including phenoxy) is 3. The van der Waals surface area contributed by atoms with Crippen LogP contribution in [0.4, 0.5) is 11.4 Å². The van der Waals surface area contributed by atoms with Gasteiger partial charge in [-0.15, -0.1) is 0 Å². The Balaban J connectivity index is 1.48. The van der Waals surface area contributed by atoms with Gasteiger partial charge in [0.25, 0.3) is 11.8 Å². The Hall–Kier alpha value is -4.00. The van der Waals surface area contributed by atoms with Crippen molar-refractivity contribution in [1.82, 2.24) is 0 Å². The standard InChI is InChI=1S/C23H20N2O5/c1-28-16-8-6-7-15(13-16)24-22(26)17-9-2-3-10-18(17)25-23(27)21-14-29-19-11-4-5-12-20(19)30-21/h2-13,21H,14H2,1H3,(H,24,26)(H,25,27). The van der Waals surface area contributed by atoms with Crippen LogP contribution in [0.5, 0.6) is 17.2 Å². The molecule has 1 aliphatic rings. The molecule has 7 nitrogen and oxygen atoms in total. The number of carbonyl (C=O) groups is 2. The lowest BCUT2D eigenvalue weighted by Gasteiger charge is -2.25. The van der Waals surface area contributed by atoms with Crippen molar-refractivity contribution in [3.63, 3.8) is 0 Å². The fraction of sp³-hybridized carbons (Fsp3) is 0.130. The minimum atomic E-state index is -0.825. The second-order valence-corrected chi connectivity index (χ2v) is 6.59. The lowest BCUT2D eigenvalue weighted by molar-refractivity contribution is -0.125. The molecule has 1 atom stereocenters. The molecule has 0 aromatic heterocycles. The van der Waals surface area contributed by atoms with Gasteiger partial charge < -0.3 is 24.8 Å². The van der Waals surface area contributed by atoms with Gasteiger partial charge in [-0.25, -0.2) is 0 Å². The molecular weight excluding hydrogens is 384 g/mol. The molecule has 0 aliphatic carbocycles. The molecule has 1 unspecified atom stereocenters. The van der Waals surface area contributed by atoms with Gasteiger partial charge in [0.05, 0.1) is 18.4 Å². The third-order valence-electron chi connectivity index (χ3n) is 4.56. The van der Waals surface area contributed by atoms with E-state index in [1.54, 1.807) is 73.8 Å². The highest BCUT2D eigenvalue weighted by atomic mass is 16.6. The molecular formula is C23H20N2O5. The maximum Gasteiger partial charge on any atom is 0.269 e. The monoisotopic (exact) mass is 404 g/mol. The zero-order chi connectivity index (χ0) is 20.9. The van der Waals surface area contributed by atoms with Crippen LogP contribution < -0.4 is 24.8 Å². The van der Waals surface area contributed by atoms with Crippen LogP contribution in [0.1, 0.15) is 10.4 Å². The van der Waals surface area contributed by atoms with Gasteiger partial charge in [0.1, 0.15) is 12.4 Å². The molecule has 0 bridgehead atoms. The summed E-state index contributed by atoms with van der Waals surface area (Å²) in [7, 11) is 1.56. The highest BCUT2D eigenvalue weighted by molar-refractivity contribution is 6.10. The maximum atomic E-state index is 12.8. The first-order chi connectivity index (χ1) is 14.6. The summed E-state index contributed by atoms with van der Waals surface area (Å²) in [6.07, 6.45) is -0.825. The summed E-state index contributed by atoms with van der Waals surface area (Å²) >= 11 is 0. The molecule has 1 heterocycles. The van der Waals surface area contributed by atoms with Crippen LogP contribution in [0.25, 0.3) is 0 Å². The number of hydrogen-bond acceptors (Lipinski definition) is 5. The first kappa shape index (κ1) is 19.3. The van der Waals surface area contributed by atoms with E-state index >= 15 is 0 Å². The number of hydrogen-bond donors (Lipinski definition) is 2. The van der Waals surface area contributed by atoms with Gasteiger partial charge in [-0.1, -0.05) is 30.3 Å². The lowest BCUT2D eigenvalue weighted by Crippen LogP contribution is -2.40. The average molecular weight is 404 g/mol. The third-order valence-corrected chi connectivity index (χ3v) is 4.56. The van der Waals surface area contributed by atoms with E-state index in [4.69, 9.17) is 14.2 Å². The van der Waals surface area contributed by atoms with E-state index < -0.39 is 12.0 Å². The van der Waals surface area contributed by atoms with Crippen LogP contribution in [0.15, 0.2) is 72.8 Å². The quantitative estimate of drug-likeness (QED) is 0.677. The van der Waals surface area contributed by atoms with Crippen molar-refractivity contribution in [1.29, 1.82) is 0 Å². The molecule has 7 heteroatoms. The Kier molecular flexibility index (Phi) is 5.52. The fourth-order valence-corrected chi connectivity index (χ4v) is 3.05. The zero-order valence-corrected chi connectivity index (χ0v) is 16.3. The van der Waals surface area contributed by atoms with E-state index in [0.29, 0.717) is 34.2 Å². The Morgan fingerprint density at radius 3 is 2.53 bits per heavy atom. The van der Waals surface area contributed by atoms with Gasteiger partial charge in [-0.3, -0.25) is 9.59 Å². The Morgan fingerprint density at radius 1 is 0.933 bits per heavy atom. The molecule has 0 fully saturated rings. The Bertz CT molecular complexity index is 1080. The number of anilines is 2. The molecule has 3 aromatic carbocycles. The summed E-state index contributed by atoms with van der Waals surface area (Å²) in [5.74, 6) is 0.980. The zero-order valence-electron chi connectivity index (χ0n) is 16.3. The molecule has 2 N–H and O–H groups in total. The van der Waals surface area contributed by atoms with Gasteiger partial charge in [0.15, 0.2) is 11.5 Å². The van der Waals surface area contributed by atoms with E-state index in [9.17, 15) is 9.59 Å². The van der Waals surface area contributed by atoms with Crippen molar-refractivity contribution in [2.75, 3.05) is 24.4 Å². The number of nitrogens with one attached hydrogen (secondary N) is 2. The van der Waals surface area contributed by atoms with Crippen LogP contribution in [-0.2, 0) is 4.79 Å². The van der Waals surface area contributed by atoms with Gasteiger partial charge >= 0.3 is 0 Å². The Labute approximate surface area is 173 Å². The summed E-state index contributed by atoms with van der Waals surface area (Å²) in [5.41, 5.74) is 1.29. The van der Waals surface area contributed by atoms with Crippen LogP contribution in [0.3, 0.4) is 0 Å². The second-order valence-electron chi connectivity index (χ2n) is 6.59. The normalized spacial score (nSPS) is 14.5. The van der Waals surface area contributed by atoms with Crippen molar-refractivity contribution in [2.24, 2.45) is 0 Å². The summed E-state index contributed by atoms with van der Waals surface area (Å²) in [4.78, 5) is 25.5. The van der Waals surface area contributed by atoms with E-state index in [1.807, 2.05) is 6.07 Å². The van der Waals surface area contributed by atoms with Crippen molar-refractivity contribution in [3.05, 3.63) is 78.4 Å². The number of fused-ring (bicyclic) bond motifs is 1. The molecule has 1 aliphatic heterocycles. The molecule has 152 valence electrons. The molecule has 0 saturated carbocycles. The average Bonchev–Trinajstić information content (AvgIpc) is 2.79. The highest BCUT2D eigenvalue weighted by Gasteiger charge is 2.28. The van der Waals surface area contributed by atoms with Gasteiger partial charge in [0, 0.05) is 11.8 Å². The minimum Gasteiger partial charge on any atom is -0.497 e. The summed E-state index contributed by atoms with van der Waals surface area (Å²) < 4.78 is 16.5. The number of carbonyl (C=O) groups excluding carboxylic acids is 2. The number of methoxy groups -OCH3 is 1. The number of rotatable bonds is 5. The van der Waals surface area contributed by atoms with Crippen LogP contribution in [0, 0.1) is 0 Å². The molecule has 30 heavy (non-hydrogen) atoms. The van der Waals surface area contributed by atoms with E-state index in [0.717, 1.165) is 0 Å². The number of benzene rings is 3. The summed E-state index contributed by atoms with van der Waals surface area (Å²) in [6.45, 7) is 0.0843. The van der Waals surface area contributed by atoms with Crippen LogP contribution in [-0.4, -0.2) is 31.6 Å². The molecule has 2 amide bonds. The van der Waals surface area contributed by atoms with Gasteiger partial charge in [0.2, 0.25) is 6.10 Å². The van der Waals surface area contributed by atoms with Crippen molar-refractivity contribution in [3.8, 4) is 17.2 Å². The van der Waals surface area contributed by atoms with Crippen molar-refractivity contribution >= 4 is 23.2 Å². The number of amides is 2. The molecule has 4 rings (SSSR count). The fourth-order valence-electron chi connectivity index (χ4n) is 3.05. The van der Waals surface area contributed by atoms with Crippen LogP contribution >= 0.6 is 0 Å². The van der Waals surface area contributed by atoms with Gasteiger partial charge in [-0.2, -0.15) is 0 Å². The molecule has 3 aromatic rings. The lowest BCUT2D eigenvalue weighted by atomic mass is 10.1. The summed E-state index contributed by atoms with van der Waals surface area (Å²) in [5, 5.41) is 5.58. The summed E-state index contributed by atoms with van der Waals surface area (Å²) in [6, 6.07) is 21.0. The smallest absolute Gasteiger partial charge is 0.269 e. The maximum absolute atomic E-state index is 12.8. The van der Waals surface area contributed by atoms with Crippen LogP contribution in [0.2, 0.25) is 0 Å². The molecule has 0 spiro atoms. The second kappa shape index (κ2) is 8.57. The molecule has 0 saturated heterocycles. The first-order valence-corrected chi connectivity index (χ1v) is 9.38. The first-order valence-electron chi connectivity index (χ1n) is 9.38. The topological polar surface area (TPSA) is 85.9 Å². The minimum absolute atomic E-state index is 0.0843. The highest BCUT2D eigenvalue weighted by Crippen LogP contribution is 2.31.